The summed E-state index contributed by atoms with van der Waals surface area (Å²) in [5.74, 6) is 1.07. The predicted molar refractivity (Wildman–Crippen MR) is 73.9 cm³/mol. The van der Waals surface area contributed by atoms with E-state index in [0.717, 1.165) is 12.2 Å². The van der Waals surface area contributed by atoms with Crippen molar-refractivity contribution >= 4 is 9.84 Å². The minimum Gasteiger partial charge on any atom is -0.492 e. The van der Waals surface area contributed by atoms with Gasteiger partial charge in [0, 0.05) is 19.3 Å². The molecule has 0 saturated heterocycles. The summed E-state index contributed by atoms with van der Waals surface area (Å²) in [5.41, 5.74) is 1.19. The van der Waals surface area contributed by atoms with Crippen molar-refractivity contribution in [3.8, 4) is 5.75 Å². The molecule has 0 unspecified atom stereocenters. The van der Waals surface area contributed by atoms with Crippen LogP contribution < -0.4 is 10.1 Å². The highest BCUT2D eigenvalue weighted by molar-refractivity contribution is 7.90. The molecule has 0 radical (unpaired) electrons. The molecule has 4 nitrogen and oxygen atoms in total. The van der Waals surface area contributed by atoms with Crippen LogP contribution in [0.3, 0.4) is 0 Å². The highest BCUT2D eigenvalue weighted by atomic mass is 32.2. The van der Waals surface area contributed by atoms with E-state index in [1.807, 2.05) is 24.3 Å². The lowest BCUT2D eigenvalue weighted by Gasteiger charge is -2.10. The van der Waals surface area contributed by atoms with Gasteiger partial charge in [0.15, 0.2) is 0 Å². The molecule has 18 heavy (non-hydrogen) atoms. The Labute approximate surface area is 109 Å². The number of sulfone groups is 1. The van der Waals surface area contributed by atoms with Gasteiger partial charge in [-0.15, -0.1) is 0 Å². The smallest absolute Gasteiger partial charge is 0.148 e. The molecule has 0 aliphatic heterocycles. The number of ether oxygens (including phenoxy) is 1. The van der Waals surface area contributed by atoms with E-state index in [2.05, 4.69) is 12.2 Å². The third-order valence-electron chi connectivity index (χ3n) is 2.54. The summed E-state index contributed by atoms with van der Waals surface area (Å²) in [5, 5.41) is 3.05. The average Bonchev–Trinajstić information content (AvgIpc) is 2.32. The minimum atomic E-state index is -2.88. The minimum absolute atomic E-state index is 0.165. The Hall–Kier alpha value is -1.07. The van der Waals surface area contributed by atoms with Crippen molar-refractivity contribution in [2.75, 3.05) is 31.7 Å². The Kier molecular flexibility index (Phi) is 6.15. The van der Waals surface area contributed by atoms with E-state index >= 15 is 0 Å². The van der Waals surface area contributed by atoms with Crippen molar-refractivity contribution in [2.24, 2.45) is 0 Å². The van der Waals surface area contributed by atoms with E-state index in [4.69, 9.17) is 4.74 Å². The molecular formula is C13H21NO3S. The van der Waals surface area contributed by atoms with Gasteiger partial charge in [-0.1, -0.05) is 25.1 Å². The maximum absolute atomic E-state index is 10.9. The quantitative estimate of drug-likeness (QED) is 0.723. The zero-order chi connectivity index (χ0) is 13.4. The number of hydrogen-bond acceptors (Lipinski definition) is 4. The summed E-state index contributed by atoms with van der Waals surface area (Å²) in [6.07, 6.45) is 2.18. The molecule has 0 bridgehead atoms. The van der Waals surface area contributed by atoms with Crippen LogP contribution in [0.2, 0.25) is 0 Å². The van der Waals surface area contributed by atoms with Crippen LogP contribution in [0.15, 0.2) is 24.3 Å². The summed E-state index contributed by atoms with van der Waals surface area (Å²) >= 11 is 0. The fourth-order valence-corrected chi connectivity index (χ4v) is 2.07. The van der Waals surface area contributed by atoms with Crippen molar-refractivity contribution in [1.29, 1.82) is 0 Å². The van der Waals surface area contributed by atoms with Crippen LogP contribution in [0.4, 0.5) is 0 Å². The summed E-state index contributed by atoms with van der Waals surface area (Å²) in [7, 11) is -2.88. The van der Waals surface area contributed by atoms with E-state index in [1.54, 1.807) is 0 Å². The van der Waals surface area contributed by atoms with E-state index in [1.165, 1.54) is 11.8 Å². The largest absolute Gasteiger partial charge is 0.492 e. The first-order valence-electron chi connectivity index (χ1n) is 6.12. The molecule has 102 valence electrons. The van der Waals surface area contributed by atoms with Gasteiger partial charge in [-0.3, -0.25) is 0 Å². The monoisotopic (exact) mass is 271 g/mol. The van der Waals surface area contributed by atoms with E-state index in [0.29, 0.717) is 19.7 Å². The van der Waals surface area contributed by atoms with Crippen molar-refractivity contribution < 1.29 is 13.2 Å². The standard InChI is InChI=1S/C13H21NO3S/c1-3-12-6-4-5-7-13(12)17-10-8-14-9-11-18(2,15)16/h4-7,14H,3,8-11H2,1-2H3. The van der Waals surface area contributed by atoms with Gasteiger partial charge in [0.05, 0.1) is 5.75 Å². The summed E-state index contributed by atoms with van der Waals surface area (Å²) < 4.78 is 27.4. The first-order valence-corrected chi connectivity index (χ1v) is 8.18. The lowest BCUT2D eigenvalue weighted by atomic mass is 10.1. The molecule has 0 heterocycles. The van der Waals surface area contributed by atoms with Gasteiger partial charge in [0.25, 0.3) is 0 Å². The predicted octanol–water partition coefficient (Wildman–Crippen LogP) is 1.26. The van der Waals surface area contributed by atoms with Gasteiger partial charge in [0.2, 0.25) is 0 Å². The summed E-state index contributed by atoms with van der Waals surface area (Å²) in [4.78, 5) is 0. The molecule has 0 saturated carbocycles. The van der Waals surface area contributed by atoms with Crippen LogP contribution in [0, 0.1) is 0 Å². The van der Waals surface area contributed by atoms with Gasteiger partial charge >= 0.3 is 0 Å². The fraction of sp³-hybridized carbons (Fsp3) is 0.538. The second-order valence-corrected chi connectivity index (χ2v) is 6.45. The Bertz CT molecular complexity index is 457. The normalized spacial score (nSPS) is 11.4. The van der Waals surface area contributed by atoms with Crippen LogP contribution in [0.25, 0.3) is 0 Å². The van der Waals surface area contributed by atoms with E-state index in [9.17, 15) is 8.42 Å². The van der Waals surface area contributed by atoms with Gasteiger partial charge in [-0.25, -0.2) is 8.42 Å². The SMILES string of the molecule is CCc1ccccc1OCCNCCS(C)(=O)=O. The average molecular weight is 271 g/mol. The van der Waals surface area contributed by atoms with Crippen molar-refractivity contribution in [3.63, 3.8) is 0 Å². The lowest BCUT2D eigenvalue weighted by molar-refractivity contribution is 0.312. The second-order valence-electron chi connectivity index (χ2n) is 4.19. The molecule has 0 spiro atoms. The van der Waals surface area contributed by atoms with Gasteiger partial charge < -0.3 is 10.1 Å². The summed E-state index contributed by atoms with van der Waals surface area (Å²) in [6.45, 7) is 3.75. The van der Waals surface area contributed by atoms with E-state index in [-0.39, 0.29) is 5.75 Å². The summed E-state index contributed by atoms with van der Waals surface area (Å²) in [6, 6.07) is 7.95. The van der Waals surface area contributed by atoms with Gasteiger partial charge in [-0.2, -0.15) is 0 Å². The lowest BCUT2D eigenvalue weighted by Crippen LogP contribution is -2.26. The zero-order valence-corrected chi connectivity index (χ0v) is 11.8. The van der Waals surface area contributed by atoms with Crippen molar-refractivity contribution in [2.45, 2.75) is 13.3 Å². The van der Waals surface area contributed by atoms with Crippen LogP contribution >= 0.6 is 0 Å². The number of rotatable bonds is 8. The first kappa shape index (κ1) is 15.0. The van der Waals surface area contributed by atoms with Gasteiger partial charge in [0.1, 0.15) is 22.2 Å². The second kappa shape index (κ2) is 7.38. The number of nitrogens with one attached hydrogen (secondary N) is 1. The van der Waals surface area contributed by atoms with Crippen LogP contribution in [-0.2, 0) is 16.3 Å². The molecule has 0 aromatic heterocycles. The number of para-hydroxylation sites is 1. The zero-order valence-electron chi connectivity index (χ0n) is 11.0. The highest BCUT2D eigenvalue weighted by Gasteiger charge is 2.02. The van der Waals surface area contributed by atoms with Crippen LogP contribution in [-0.4, -0.2) is 40.1 Å². The molecule has 0 fully saturated rings. The first-order chi connectivity index (χ1) is 8.53. The van der Waals surface area contributed by atoms with Crippen molar-refractivity contribution in [3.05, 3.63) is 29.8 Å². The Balaban J connectivity index is 2.22. The Morgan fingerprint density at radius 2 is 1.94 bits per heavy atom. The van der Waals surface area contributed by atoms with Gasteiger partial charge in [-0.05, 0) is 18.1 Å². The molecular weight excluding hydrogens is 250 g/mol. The topological polar surface area (TPSA) is 55.4 Å². The maximum Gasteiger partial charge on any atom is 0.148 e. The van der Waals surface area contributed by atoms with Crippen LogP contribution in [0.1, 0.15) is 12.5 Å². The third kappa shape index (κ3) is 6.02. The maximum atomic E-state index is 10.9. The number of benzene rings is 1. The Morgan fingerprint density at radius 3 is 2.61 bits per heavy atom. The fourth-order valence-electron chi connectivity index (χ4n) is 1.55. The highest BCUT2D eigenvalue weighted by Crippen LogP contribution is 2.17. The molecule has 0 amide bonds. The number of aryl methyl sites for hydroxylation is 1. The molecule has 0 aliphatic rings. The molecule has 1 N–H and O–H groups in total. The molecule has 1 aromatic carbocycles. The number of hydrogen-bond donors (Lipinski definition) is 1. The molecule has 5 heteroatoms. The molecule has 1 aromatic rings. The van der Waals surface area contributed by atoms with E-state index < -0.39 is 9.84 Å². The Morgan fingerprint density at radius 1 is 1.22 bits per heavy atom. The van der Waals surface area contributed by atoms with Crippen LogP contribution in [0.5, 0.6) is 5.75 Å². The molecule has 0 aliphatic carbocycles. The molecule has 1 rings (SSSR count). The third-order valence-corrected chi connectivity index (χ3v) is 3.49. The molecule has 0 atom stereocenters. The van der Waals surface area contributed by atoms with Crippen molar-refractivity contribution in [1.82, 2.24) is 5.32 Å².